The van der Waals surface area contributed by atoms with Crippen LogP contribution >= 0.6 is 24.0 Å². The van der Waals surface area contributed by atoms with Crippen LogP contribution in [0.4, 0.5) is 17.6 Å². The molecule has 1 atom stereocenters. The molecule has 1 aromatic carbocycles. The van der Waals surface area contributed by atoms with Crippen LogP contribution in [0.5, 0.6) is 0 Å². The van der Waals surface area contributed by atoms with Gasteiger partial charge in [0.15, 0.2) is 5.96 Å². The smallest absolute Gasteiger partial charge is 0.354 e. The maximum Gasteiger partial charge on any atom is 0.416 e. The minimum atomic E-state index is -4.67. The topological polar surface area (TPSA) is 70.6 Å². The summed E-state index contributed by atoms with van der Waals surface area (Å²) in [5.74, 6) is -0.764. The summed E-state index contributed by atoms with van der Waals surface area (Å²) < 4.78 is 74.3. The Balaban J connectivity index is 0.00000625. The summed E-state index contributed by atoms with van der Waals surface area (Å²) >= 11 is 0. The maximum absolute atomic E-state index is 13.1. The summed E-state index contributed by atoms with van der Waals surface area (Å²) in [6, 6.07) is 2.21. The van der Waals surface area contributed by atoms with E-state index in [2.05, 4.69) is 15.6 Å². The average molecular weight is 511 g/mol. The fourth-order valence-electron chi connectivity index (χ4n) is 2.04. The number of nitrogens with one attached hydrogen (secondary N) is 2. The van der Waals surface area contributed by atoms with Gasteiger partial charge in [0.2, 0.25) is 0 Å². The van der Waals surface area contributed by atoms with E-state index in [9.17, 15) is 26.0 Å². The molecule has 1 aromatic rings. The number of alkyl halides is 3. The largest absolute Gasteiger partial charge is 0.416 e. The van der Waals surface area contributed by atoms with Gasteiger partial charge in [0.05, 0.1) is 11.3 Å². The van der Waals surface area contributed by atoms with Gasteiger partial charge in [0.1, 0.15) is 15.7 Å². The number of hydrogen-bond acceptors (Lipinski definition) is 3. The van der Waals surface area contributed by atoms with E-state index in [-0.39, 0.29) is 53.8 Å². The number of nitrogens with zero attached hydrogens (tertiary/aromatic N) is 1. The van der Waals surface area contributed by atoms with Crippen LogP contribution in [0.3, 0.4) is 0 Å². The summed E-state index contributed by atoms with van der Waals surface area (Å²) in [5.41, 5.74) is -1.18. The second-order valence-electron chi connectivity index (χ2n) is 5.69. The van der Waals surface area contributed by atoms with E-state index in [0.717, 1.165) is 18.4 Å². The lowest BCUT2D eigenvalue weighted by atomic mass is 10.1. The highest BCUT2D eigenvalue weighted by atomic mass is 127. The minimum absolute atomic E-state index is 0. The van der Waals surface area contributed by atoms with Crippen molar-refractivity contribution in [3.8, 4) is 0 Å². The van der Waals surface area contributed by atoms with Gasteiger partial charge in [-0.1, -0.05) is 6.07 Å². The standard InChI is InChI=1S/C15H21F4N3O2S.HI/c1-10(6-7-25(3,23)24)22-14(20-2)21-9-11-4-5-12(16)8-13(11)15(17,18)19;/h4-5,8,10H,6-7,9H2,1-3H3,(H2,20,21,22);1H. The highest BCUT2D eigenvalue weighted by Crippen LogP contribution is 2.32. The second kappa shape index (κ2) is 10.3. The number of aliphatic imine (C=N–C) groups is 1. The SMILES string of the molecule is CN=C(NCc1ccc(F)cc1C(F)(F)F)NC(C)CCS(C)(=O)=O.I. The molecular weight excluding hydrogens is 489 g/mol. The molecule has 5 nitrogen and oxygen atoms in total. The van der Waals surface area contributed by atoms with Crippen molar-refractivity contribution in [3.05, 3.63) is 35.1 Å². The summed E-state index contributed by atoms with van der Waals surface area (Å²) in [4.78, 5) is 3.89. The normalized spacial score (nSPS) is 13.7. The molecule has 0 aliphatic heterocycles. The lowest BCUT2D eigenvalue weighted by Crippen LogP contribution is -2.42. The first-order chi connectivity index (χ1) is 11.4. The zero-order valence-electron chi connectivity index (χ0n) is 14.5. The first-order valence-corrected chi connectivity index (χ1v) is 9.49. The van der Waals surface area contributed by atoms with Crippen LogP contribution in [-0.2, 0) is 22.6 Å². The van der Waals surface area contributed by atoms with Gasteiger partial charge in [0.25, 0.3) is 0 Å². The zero-order chi connectivity index (χ0) is 19.3. The molecule has 0 aliphatic rings. The third-order valence-corrected chi connectivity index (χ3v) is 4.33. The van der Waals surface area contributed by atoms with E-state index in [1.54, 1.807) is 6.92 Å². The second-order valence-corrected chi connectivity index (χ2v) is 7.95. The zero-order valence-corrected chi connectivity index (χ0v) is 17.7. The Morgan fingerprint density at radius 3 is 2.42 bits per heavy atom. The summed E-state index contributed by atoms with van der Waals surface area (Å²) in [6.07, 6.45) is -3.22. The Kier molecular flexibility index (Phi) is 9.84. The minimum Gasteiger partial charge on any atom is -0.354 e. The molecule has 150 valence electrons. The molecule has 0 saturated heterocycles. The third kappa shape index (κ3) is 9.01. The quantitative estimate of drug-likeness (QED) is 0.267. The van der Waals surface area contributed by atoms with Gasteiger partial charge in [-0.2, -0.15) is 13.2 Å². The molecule has 26 heavy (non-hydrogen) atoms. The molecule has 0 amide bonds. The van der Waals surface area contributed by atoms with Crippen molar-refractivity contribution in [1.82, 2.24) is 10.6 Å². The molecular formula is C15H22F4IN3O2S. The fourth-order valence-corrected chi connectivity index (χ4v) is 2.82. The van der Waals surface area contributed by atoms with Gasteiger partial charge < -0.3 is 10.6 Å². The Morgan fingerprint density at radius 2 is 1.92 bits per heavy atom. The van der Waals surface area contributed by atoms with Crippen LogP contribution in [0.2, 0.25) is 0 Å². The number of benzene rings is 1. The van der Waals surface area contributed by atoms with E-state index in [1.807, 2.05) is 0 Å². The Morgan fingerprint density at radius 1 is 1.31 bits per heavy atom. The maximum atomic E-state index is 13.1. The molecule has 1 rings (SSSR count). The Hall–Kier alpha value is -1.11. The van der Waals surface area contributed by atoms with Crippen LogP contribution in [0.25, 0.3) is 0 Å². The van der Waals surface area contributed by atoms with Crippen molar-refractivity contribution in [1.29, 1.82) is 0 Å². The van der Waals surface area contributed by atoms with E-state index in [4.69, 9.17) is 0 Å². The molecule has 0 saturated carbocycles. The average Bonchev–Trinajstić information content (AvgIpc) is 2.48. The molecule has 0 bridgehead atoms. The molecule has 0 aliphatic carbocycles. The first kappa shape index (κ1) is 24.9. The van der Waals surface area contributed by atoms with Gasteiger partial charge in [-0.15, -0.1) is 24.0 Å². The van der Waals surface area contributed by atoms with Gasteiger partial charge in [-0.25, -0.2) is 12.8 Å². The van der Waals surface area contributed by atoms with Crippen LogP contribution in [-0.4, -0.2) is 39.5 Å². The Bertz CT molecular complexity index is 724. The number of hydrogen-bond donors (Lipinski definition) is 2. The molecule has 0 fully saturated rings. The number of halogens is 5. The molecule has 0 heterocycles. The Labute approximate surface area is 167 Å². The number of sulfone groups is 1. The van der Waals surface area contributed by atoms with Gasteiger partial charge in [-0.3, -0.25) is 4.99 Å². The third-order valence-electron chi connectivity index (χ3n) is 3.35. The van der Waals surface area contributed by atoms with Gasteiger partial charge >= 0.3 is 6.18 Å². The fraction of sp³-hybridized carbons (Fsp3) is 0.533. The summed E-state index contributed by atoms with van der Waals surface area (Å²) in [7, 11) is -1.67. The molecule has 1 unspecified atom stereocenters. The molecule has 0 radical (unpaired) electrons. The van der Waals surface area contributed by atoms with E-state index >= 15 is 0 Å². The van der Waals surface area contributed by atoms with Crippen LogP contribution < -0.4 is 10.6 Å². The predicted octanol–water partition coefficient (Wildman–Crippen LogP) is 2.95. The van der Waals surface area contributed by atoms with E-state index in [0.29, 0.717) is 12.5 Å². The van der Waals surface area contributed by atoms with Crippen molar-refractivity contribution in [2.45, 2.75) is 32.1 Å². The lowest BCUT2D eigenvalue weighted by molar-refractivity contribution is -0.138. The summed E-state index contributed by atoms with van der Waals surface area (Å²) in [6.45, 7) is 1.52. The van der Waals surface area contributed by atoms with Crippen molar-refractivity contribution in [2.24, 2.45) is 4.99 Å². The van der Waals surface area contributed by atoms with Crippen LogP contribution in [0.15, 0.2) is 23.2 Å². The highest BCUT2D eigenvalue weighted by Gasteiger charge is 2.33. The van der Waals surface area contributed by atoms with Crippen LogP contribution in [0, 0.1) is 5.82 Å². The lowest BCUT2D eigenvalue weighted by Gasteiger charge is -2.19. The van der Waals surface area contributed by atoms with Crippen LogP contribution in [0.1, 0.15) is 24.5 Å². The van der Waals surface area contributed by atoms with Crippen molar-refractivity contribution >= 4 is 39.8 Å². The number of rotatable bonds is 6. The van der Waals surface area contributed by atoms with E-state index in [1.165, 1.54) is 7.05 Å². The van der Waals surface area contributed by atoms with E-state index < -0.39 is 27.4 Å². The van der Waals surface area contributed by atoms with Gasteiger partial charge in [0, 0.05) is 25.9 Å². The monoisotopic (exact) mass is 511 g/mol. The predicted molar refractivity (Wildman–Crippen MR) is 104 cm³/mol. The van der Waals surface area contributed by atoms with Crippen molar-refractivity contribution < 1.29 is 26.0 Å². The van der Waals surface area contributed by atoms with Crippen molar-refractivity contribution in [2.75, 3.05) is 19.1 Å². The van der Waals surface area contributed by atoms with Gasteiger partial charge in [-0.05, 0) is 31.0 Å². The molecule has 2 N–H and O–H groups in total. The summed E-state index contributed by atoms with van der Waals surface area (Å²) in [5, 5.41) is 5.61. The highest BCUT2D eigenvalue weighted by molar-refractivity contribution is 14.0. The molecule has 11 heteroatoms. The van der Waals surface area contributed by atoms with Crippen molar-refractivity contribution in [3.63, 3.8) is 0 Å². The number of guanidine groups is 1. The molecule has 0 spiro atoms. The molecule has 0 aromatic heterocycles. The first-order valence-electron chi connectivity index (χ1n) is 7.43.